The Bertz CT molecular complexity index is 781. The van der Waals surface area contributed by atoms with Crippen molar-refractivity contribution >= 4 is 5.91 Å². The van der Waals surface area contributed by atoms with Gasteiger partial charge in [-0.2, -0.15) is 5.10 Å². The molecular weight excluding hydrogens is 340 g/mol. The van der Waals surface area contributed by atoms with Crippen molar-refractivity contribution in [3.63, 3.8) is 0 Å². The summed E-state index contributed by atoms with van der Waals surface area (Å²) in [5.41, 5.74) is 4.19. The molecule has 2 aromatic rings. The van der Waals surface area contributed by atoms with Crippen LogP contribution in [0.15, 0.2) is 30.3 Å². The number of aromatic nitrogens is 2. The van der Waals surface area contributed by atoms with E-state index in [4.69, 9.17) is 4.74 Å². The van der Waals surface area contributed by atoms with Crippen LogP contribution in [0.4, 0.5) is 0 Å². The van der Waals surface area contributed by atoms with Gasteiger partial charge >= 0.3 is 0 Å². The standard InChI is InChI=1S/C21H28N4O2/c1-24-19-8-7-17(25-11-13-27-14-12-25)15-18(19)20(23-24)21(26)22-10-9-16-5-3-2-4-6-16/h2-6,17H,7-15H2,1H3,(H,22,26). The van der Waals surface area contributed by atoms with Crippen molar-refractivity contribution in [3.05, 3.63) is 52.8 Å². The summed E-state index contributed by atoms with van der Waals surface area (Å²) in [6, 6.07) is 10.7. The number of nitrogens with zero attached hydrogens (tertiary/aromatic N) is 3. The van der Waals surface area contributed by atoms with Crippen LogP contribution >= 0.6 is 0 Å². The minimum absolute atomic E-state index is 0.0505. The first kappa shape index (κ1) is 18.2. The second-order valence-electron chi connectivity index (χ2n) is 7.43. The van der Waals surface area contributed by atoms with Crippen LogP contribution in [0.2, 0.25) is 0 Å². The fourth-order valence-electron chi connectivity index (χ4n) is 4.26. The normalized spacial score (nSPS) is 20.3. The Labute approximate surface area is 160 Å². The number of aryl methyl sites for hydroxylation is 1. The van der Waals surface area contributed by atoms with Crippen LogP contribution in [0.25, 0.3) is 0 Å². The summed E-state index contributed by atoms with van der Waals surface area (Å²) in [6.07, 6.45) is 3.85. The van der Waals surface area contributed by atoms with Gasteiger partial charge in [0.2, 0.25) is 0 Å². The number of benzene rings is 1. The van der Waals surface area contributed by atoms with E-state index in [9.17, 15) is 4.79 Å². The molecule has 6 heteroatoms. The van der Waals surface area contributed by atoms with E-state index in [0.29, 0.717) is 18.3 Å². The van der Waals surface area contributed by atoms with Gasteiger partial charge in [-0.1, -0.05) is 30.3 Å². The summed E-state index contributed by atoms with van der Waals surface area (Å²) >= 11 is 0. The Balaban J connectivity index is 1.42. The van der Waals surface area contributed by atoms with Crippen molar-refractivity contribution in [1.82, 2.24) is 20.0 Å². The van der Waals surface area contributed by atoms with Crippen LogP contribution in [-0.2, 0) is 31.0 Å². The fourth-order valence-corrected chi connectivity index (χ4v) is 4.26. The highest BCUT2D eigenvalue weighted by Crippen LogP contribution is 2.27. The van der Waals surface area contributed by atoms with Crippen molar-refractivity contribution in [1.29, 1.82) is 0 Å². The van der Waals surface area contributed by atoms with E-state index in [2.05, 4.69) is 27.4 Å². The Hall–Kier alpha value is -2.18. The first-order chi connectivity index (χ1) is 13.2. The summed E-state index contributed by atoms with van der Waals surface area (Å²) in [5.74, 6) is -0.0505. The number of hydrogen-bond donors (Lipinski definition) is 1. The summed E-state index contributed by atoms with van der Waals surface area (Å²) < 4.78 is 7.38. The summed E-state index contributed by atoms with van der Waals surface area (Å²) in [7, 11) is 1.95. The average molecular weight is 368 g/mol. The van der Waals surface area contributed by atoms with Gasteiger partial charge in [0.15, 0.2) is 5.69 Å². The minimum atomic E-state index is -0.0505. The number of rotatable bonds is 5. The van der Waals surface area contributed by atoms with Crippen LogP contribution in [0.3, 0.4) is 0 Å². The lowest BCUT2D eigenvalue weighted by atomic mass is 9.90. The first-order valence-corrected chi connectivity index (χ1v) is 9.91. The van der Waals surface area contributed by atoms with Gasteiger partial charge in [0, 0.05) is 44.0 Å². The molecule has 144 valence electrons. The molecule has 0 saturated carbocycles. The highest BCUT2D eigenvalue weighted by molar-refractivity contribution is 5.94. The number of carbonyl (C=O) groups excluding carboxylic acids is 1. The summed E-state index contributed by atoms with van der Waals surface area (Å²) in [4.78, 5) is 15.3. The number of fused-ring (bicyclic) bond motifs is 1. The Morgan fingerprint density at radius 1 is 1.26 bits per heavy atom. The number of morpholine rings is 1. The van der Waals surface area contributed by atoms with Gasteiger partial charge in [-0.05, 0) is 31.2 Å². The van der Waals surface area contributed by atoms with Crippen LogP contribution < -0.4 is 5.32 Å². The third-order valence-electron chi connectivity index (χ3n) is 5.75. The molecule has 27 heavy (non-hydrogen) atoms. The van der Waals surface area contributed by atoms with E-state index in [1.807, 2.05) is 29.9 Å². The molecular formula is C21H28N4O2. The van der Waals surface area contributed by atoms with Gasteiger partial charge in [-0.15, -0.1) is 0 Å². The van der Waals surface area contributed by atoms with Crippen LogP contribution in [0.5, 0.6) is 0 Å². The first-order valence-electron chi connectivity index (χ1n) is 9.91. The molecule has 0 spiro atoms. The highest BCUT2D eigenvalue weighted by Gasteiger charge is 2.31. The van der Waals surface area contributed by atoms with E-state index in [-0.39, 0.29) is 5.91 Å². The highest BCUT2D eigenvalue weighted by atomic mass is 16.5. The van der Waals surface area contributed by atoms with E-state index < -0.39 is 0 Å². The van der Waals surface area contributed by atoms with Gasteiger partial charge in [0.25, 0.3) is 5.91 Å². The lowest BCUT2D eigenvalue weighted by molar-refractivity contribution is 0.0135. The Kier molecular flexibility index (Phi) is 5.55. The predicted octanol–water partition coefficient (Wildman–Crippen LogP) is 1.58. The van der Waals surface area contributed by atoms with Crippen molar-refractivity contribution in [3.8, 4) is 0 Å². The second kappa shape index (κ2) is 8.23. The SMILES string of the molecule is Cn1nc(C(=O)NCCc2ccccc2)c2c1CCC(N1CCOCC1)C2. The molecule has 1 fully saturated rings. The summed E-state index contributed by atoms with van der Waals surface area (Å²) in [5, 5.41) is 7.62. The minimum Gasteiger partial charge on any atom is -0.379 e. The molecule has 1 aromatic carbocycles. The van der Waals surface area contributed by atoms with Crippen molar-refractivity contribution in [2.45, 2.75) is 31.7 Å². The molecule has 2 heterocycles. The fraction of sp³-hybridized carbons (Fsp3) is 0.524. The molecule has 1 aliphatic heterocycles. The number of ether oxygens (including phenoxy) is 1. The van der Waals surface area contributed by atoms with Gasteiger partial charge in [-0.3, -0.25) is 14.4 Å². The topological polar surface area (TPSA) is 59.4 Å². The molecule has 0 bridgehead atoms. The third-order valence-corrected chi connectivity index (χ3v) is 5.75. The molecule has 1 unspecified atom stereocenters. The lowest BCUT2D eigenvalue weighted by Gasteiger charge is -2.36. The Morgan fingerprint density at radius 3 is 2.81 bits per heavy atom. The zero-order chi connectivity index (χ0) is 18.6. The van der Waals surface area contributed by atoms with E-state index in [1.165, 1.54) is 11.3 Å². The van der Waals surface area contributed by atoms with Crippen molar-refractivity contribution < 1.29 is 9.53 Å². The molecule has 1 aliphatic carbocycles. The van der Waals surface area contributed by atoms with Crippen molar-refractivity contribution in [2.75, 3.05) is 32.8 Å². The second-order valence-corrected chi connectivity index (χ2v) is 7.43. The molecule has 1 N–H and O–H groups in total. The molecule has 1 atom stereocenters. The molecule has 0 radical (unpaired) electrons. The lowest BCUT2D eigenvalue weighted by Crippen LogP contribution is -2.46. The quantitative estimate of drug-likeness (QED) is 0.871. The van der Waals surface area contributed by atoms with Crippen LogP contribution in [0.1, 0.15) is 33.7 Å². The predicted molar refractivity (Wildman–Crippen MR) is 104 cm³/mol. The maximum atomic E-state index is 12.8. The molecule has 2 aliphatic rings. The summed E-state index contributed by atoms with van der Waals surface area (Å²) in [6.45, 7) is 4.21. The van der Waals surface area contributed by atoms with Gasteiger partial charge in [0.1, 0.15) is 0 Å². The molecule has 1 aromatic heterocycles. The van der Waals surface area contributed by atoms with Crippen LogP contribution in [-0.4, -0.2) is 59.5 Å². The molecule has 6 nitrogen and oxygen atoms in total. The maximum Gasteiger partial charge on any atom is 0.272 e. The average Bonchev–Trinajstić information content (AvgIpc) is 3.05. The number of nitrogens with one attached hydrogen (secondary N) is 1. The van der Waals surface area contributed by atoms with E-state index in [0.717, 1.165) is 57.6 Å². The molecule has 1 saturated heterocycles. The number of hydrogen-bond acceptors (Lipinski definition) is 4. The molecule has 1 amide bonds. The number of amides is 1. The smallest absolute Gasteiger partial charge is 0.272 e. The van der Waals surface area contributed by atoms with Crippen molar-refractivity contribution in [2.24, 2.45) is 7.05 Å². The van der Waals surface area contributed by atoms with Crippen LogP contribution in [0, 0.1) is 0 Å². The zero-order valence-corrected chi connectivity index (χ0v) is 16.0. The van der Waals surface area contributed by atoms with Gasteiger partial charge < -0.3 is 10.1 Å². The van der Waals surface area contributed by atoms with Gasteiger partial charge in [-0.25, -0.2) is 0 Å². The third kappa shape index (κ3) is 4.06. The Morgan fingerprint density at radius 2 is 2.04 bits per heavy atom. The largest absolute Gasteiger partial charge is 0.379 e. The number of carbonyl (C=O) groups is 1. The van der Waals surface area contributed by atoms with Gasteiger partial charge in [0.05, 0.1) is 13.2 Å². The zero-order valence-electron chi connectivity index (χ0n) is 16.0. The monoisotopic (exact) mass is 368 g/mol. The van der Waals surface area contributed by atoms with E-state index in [1.54, 1.807) is 0 Å². The van der Waals surface area contributed by atoms with E-state index >= 15 is 0 Å². The maximum absolute atomic E-state index is 12.8. The molecule has 4 rings (SSSR count).